The molecular formula is C14H14FNO2S. The number of carbonyl (C=O) groups is 1. The summed E-state index contributed by atoms with van der Waals surface area (Å²) in [5.41, 5.74) is 0.345. The molecule has 0 N–H and O–H groups in total. The maximum absolute atomic E-state index is 13.0. The molecule has 1 aromatic carbocycles. The minimum Gasteiger partial charge on any atom is -0.469 e. The van der Waals surface area contributed by atoms with Crippen LogP contribution in [0.15, 0.2) is 23.1 Å². The molecule has 1 aliphatic carbocycles. The molecule has 2 rings (SSSR count). The van der Waals surface area contributed by atoms with Gasteiger partial charge in [-0.05, 0) is 36.5 Å². The quantitative estimate of drug-likeness (QED) is 0.613. The van der Waals surface area contributed by atoms with Crippen LogP contribution in [-0.4, -0.2) is 18.8 Å². The number of halogens is 1. The number of rotatable bonds is 5. The molecule has 5 heteroatoms. The molecule has 0 heterocycles. The zero-order valence-corrected chi connectivity index (χ0v) is 11.4. The van der Waals surface area contributed by atoms with Crippen molar-refractivity contribution < 1.29 is 13.9 Å². The van der Waals surface area contributed by atoms with Crippen LogP contribution in [0, 0.1) is 22.6 Å². The van der Waals surface area contributed by atoms with Crippen LogP contribution in [0.5, 0.6) is 0 Å². The van der Waals surface area contributed by atoms with Gasteiger partial charge in [-0.2, -0.15) is 5.26 Å². The summed E-state index contributed by atoms with van der Waals surface area (Å²) in [4.78, 5) is 12.1. The molecule has 100 valence electrons. The van der Waals surface area contributed by atoms with Crippen LogP contribution in [0.2, 0.25) is 0 Å². The number of nitrogens with zero attached hydrogens (tertiary/aromatic N) is 1. The summed E-state index contributed by atoms with van der Waals surface area (Å²) in [6.45, 7) is 0. The number of benzene rings is 1. The van der Waals surface area contributed by atoms with Crippen molar-refractivity contribution in [3.63, 3.8) is 0 Å². The highest BCUT2D eigenvalue weighted by molar-refractivity contribution is 7.99. The number of ether oxygens (including phenoxy) is 1. The molecule has 1 aromatic rings. The predicted molar refractivity (Wildman–Crippen MR) is 70.1 cm³/mol. The Kier molecular flexibility index (Phi) is 4.11. The van der Waals surface area contributed by atoms with Gasteiger partial charge in [-0.3, -0.25) is 4.79 Å². The number of esters is 1. The third-order valence-corrected chi connectivity index (χ3v) is 4.72. The highest BCUT2D eigenvalue weighted by Gasteiger charge is 2.44. The van der Waals surface area contributed by atoms with E-state index in [1.807, 2.05) is 6.07 Å². The molecule has 0 aliphatic heterocycles. The molecule has 3 nitrogen and oxygen atoms in total. The molecule has 0 aromatic heterocycles. The summed E-state index contributed by atoms with van der Waals surface area (Å²) in [6, 6.07) is 6.20. The second-order valence-electron chi connectivity index (χ2n) is 4.79. The van der Waals surface area contributed by atoms with Crippen LogP contribution in [0.4, 0.5) is 4.39 Å². The Bertz CT molecular complexity index is 535. The molecule has 0 saturated heterocycles. The summed E-state index contributed by atoms with van der Waals surface area (Å²) in [5, 5.41) is 8.97. The van der Waals surface area contributed by atoms with E-state index < -0.39 is 5.82 Å². The number of nitriles is 1. The smallest absolute Gasteiger partial charge is 0.306 e. The van der Waals surface area contributed by atoms with Gasteiger partial charge in [0.1, 0.15) is 11.9 Å². The van der Waals surface area contributed by atoms with E-state index in [1.165, 1.54) is 31.0 Å². The fraction of sp³-hybridized carbons (Fsp3) is 0.429. The molecule has 0 radical (unpaired) electrons. The first-order valence-electron chi connectivity index (χ1n) is 5.98. The molecule has 1 saturated carbocycles. The van der Waals surface area contributed by atoms with Gasteiger partial charge in [-0.25, -0.2) is 4.39 Å². The first-order valence-corrected chi connectivity index (χ1v) is 6.96. The van der Waals surface area contributed by atoms with E-state index >= 15 is 0 Å². The first kappa shape index (κ1) is 13.9. The van der Waals surface area contributed by atoms with E-state index in [2.05, 4.69) is 4.74 Å². The fourth-order valence-electron chi connectivity index (χ4n) is 1.87. The van der Waals surface area contributed by atoms with E-state index in [4.69, 9.17) is 5.26 Å². The zero-order chi connectivity index (χ0) is 13.9. The van der Waals surface area contributed by atoms with Crippen LogP contribution in [0.3, 0.4) is 0 Å². The molecule has 0 bridgehead atoms. The van der Waals surface area contributed by atoms with Gasteiger partial charge >= 0.3 is 5.97 Å². The number of hydrogen-bond acceptors (Lipinski definition) is 4. The van der Waals surface area contributed by atoms with Crippen molar-refractivity contribution in [3.05, 3.63) is 29.6 Å². The monoisotopic (exact) mass is 279 g/mol. The molecule has 0 amide bonds. The normalized spacial score (nSPS) is 15.6. The Morgan fingerprint density at radius 2 is 2.32 bits per heavy atom. The van der Waals surface area contributed by atoms with E-state index in [0.29, 0.717) is 12.0 Å². The number of thioether (sulfide) groups is 1. The van der Waals surface area contributed by atoms with Crippen molar-refractivity contribution in [2.75, 3.05) is 12.9 Å². The fourth-order valence-corrected chi connectivity index (χ4v) is 3.15. The number of carbonyl (C=O) groups excluding carboxylic acids is 1. The Hall–Kier alpha value is -1.54. The Labute approximate surface area is 115 Å². The van der Waals surface area contributed by atoms with E-state index in [-0.39, 0.29) is 11.4 Å². The highest BCUT2D eigenvalue weighted by Crippen LogP contribution is 2.52. The third kappa shape index (κ3) is 3.48. The Balaban J connectivity index is 2.00. The maximum Gasteiger partial charge on any atom is 0.306 e. The molecule has 0 spiro atoms. The van der Waals surface area contributed by atoms with Gasteiger partial charge < -0.3 is 4.74 Å². The Morgan fingerprint density at radius 3 is 2.89 bits per heavy atom. The third-order valence-electron chi connectivity index (χ3n) is 3.30. The lowest BCUT2D eigenvalue weighted by Gasteiger charge is -2.13. The molecule has 1 aliphatic rings. The number of hydrogen-bond donors (Lipinski definition) is 0. The minimum absolute atomic E-state index is 0.00112. The molecule has 0 atom stereocenters. The summed E-state index contributed by atoms with van der Waals surface area (Å²) < 4.78 is 17.7. The van der Waals surface area contributed by atoms with Gasteiger partial charge in [-0.1, -0.05) is 0 Å². The van der Waals surface area contributed by atoms with E-state index in [9.17, 15) is 9.18 Å². The van der Waals surface area contributed by atoms with Crippen molar-refractivity contribution in [3.8, 4) is 6.07 Å². The largest absolute Gasteiger partial charge is 0.469 e. The van der Waals surface area contributed by atoms with Crippen molar-refractivity contribution in [1.29, 1.82) is 5.26 Å². The predicted octanol–water partition coefficient (Wildman–Crippen LogP) is 3.13. The molecule has 1 fully saturated rings. The lowest BCUT2D eigenvalue weighted by atomic mass is 10.1. The van der Waals surface area contributed by atoms with Crippen molar-refractivity contribution in [2.45, 2.75) is 24.2 Å². The van der Waals surface area contributed by atoms with Crippen molar-refractivity contribution >= 4 is 17.7 Å². The maximum atomic E-state index is 13.0. The standard InChI is InChI=1S/C14H14FNO2S/c1-18-13(17)7-14(4-5-14)9-19-12-3-2-11(15)6-10(12)8-16/h2-3,6H,4-5,7,9H2,1H3. The number of methoxy groups -OCH3 is 1. The highest BCUT2D eigenvalue weighted by atomic mass is 32.2. The summed E-state index contributed by atoms with van der Waals surface area (Å²) in [5.74, 6) is 0.150. The van der Waals surface area contributed by atoms with Crippen LogP contribution < -0.4 is 0 Å². The van der Waals surface area contributed by atoms with Crippen LogP contribution in [-0.2, 0) is 9.53 Å². The van der Waals surface area contributed by atoms with Crippen molar-refractivity contribution in [2.24, 2.45) is 5.41 Å². The average molecular weight is 279 g/mol. The summed E-state index contributed by atoms with van der Waals surface area (Å²) in [6.07, 6.45) is 2.41. The Morgan fingerprint density at radius 1 is 1.58 bits per heavy atom. The molecule has 0 unspecified atom stereocenters. The van der Waals surface area contributed by atoms with Gasteiger partial charge in [-0.15, -0.1) is 11.8 Å². The summed E-state index contributed by atoms with van der Waals surface area (Å²) in [7, 11) is 1.39. The lowest BCUT2D eigenvalue weighted by molar-refractivity contribution is -0.141. The van der Waals surface area contributed by atoms with Crippen molar-refractivity contribution in [1.82, 2.24) is 0 Å². The zero-order valence-electron chi connectivity index (χ0n) is 10.6. The second-order valence-corrected chi connectivity index (χ2v) is 5.81. The SMILES string of the molecule is COC(=O)CC1(CSc2ccc(F)cc2C#N)CC1. The van der Waals surface area contributed by atoms with Crippen LogP contribution >= 0.6 is 11.8 Å². The van der Waals surface area contributed by atoms with Gasteiger partial charge in [0.15, 0.2) is 0 Å². The van der Waals surface area contributed by atoms with Crippen LogP contribution in [0.1, 0.15) is 24.8 Å². The molecule has 19 heavy (non-hydrogen) atoms. The average Bonchev–Trinajstić information content (AvgIpc) is 3.17. The lowest BCUT2D eigenvalue weighted by Crippen LogP contribution is -2.13. The first-order chi connectivity index (χ1) is 9.08. The van der Waals surface area contributed by atoms with Gasteiger partial charge in [0.2, 0.25) is 0 Å². The second kappa shape index (κ2) is 5.62. The van der Waals surface area contributed by atoms with E-state index in [0.717, 1.165) is 23.5 Å². The van der Waals surface area contributed by atoms with Gasteiger partial charge in [0.25, 0.3) is 0 Å². The van der Waals surface area contributed by atoms with Crippen LogP contribution in [0.25, 0.3) is 0 Å². The summed E-state index contributed by atoms with van der Waals surface area (Å²) >= 11 is 1.51. The van der Waals surface area contributed by atoms with Gasteiger partial charge in [0.05, 0.1) is 19.1 Å². The topological polar surface area (TPSA) is 50.1 Å². The molecular weight excluding hydrogens is 265 g/mol. The van der Waals surface area contributed by atoms with E-state index in [1.54, 1.807) is 6.07 Å². The minimum atomic E-state index is -0.406. The van der Waals surface area contributed by atoms with Gasteiger partial charge in [0, 0.05) is 10.6 Å².